The second-order valence-electron chi connectivity index (χ2n) is 7.47. The predicted molar refractivity (Wildman–Crippen MR) is 119 cm³/mol. The van der Waals surface area contributed by atoms with E-state index >= 15 is 0 Å². The number of nitrogens with two attached hydrogens (primary N) is 1. The van der Waals surface area contributed by atoms with E-state index in [9.17, 15) is 9.59 Å². The number of amides is 2. The Morgan fingerprint density at radius 1 is 1.07 bits per heavy atom. The molecule has 0 atom stereocenters. The van der Waals surface area contributed by atoms with Crippen LogP contribution >= 0.6 is 15.9 Å². The van der Waals surface area contributed by atoms with E-state index in [-0.39, 0.29) is 18.6 Å². The first-order chi connectivity index (χ1) is 14.5. The lowest BCUT2D eigenvalue weighted by molar-refractivity contribution is -0.119. The number of primary amides is 1. The summed E-state index contributed by atoms with van der Waals surface area (Å²) in [4.78, 5) is 26.3. The first-order valence-corrected chi connectivity index (χ1v) is 10.9. The van der Waals surface area contributed by atoms with Crippen molar-refractivity contribution in [1.82, 2.24) is 4.90 Å². The summed E-state index contributed by atoms with van der Waals surface area (Å²) >= 11 is 3.43. The van der Waals surface area contributed by atoms with Gasteiger partial charge in [-0.2, -0.15) is 0 Å². The topological polar surface area (TPSA) is 81.9 Å². The van der Waals surface area contributed by atoms with Crippen LogP contribution in [0.25, 0.3) is 0 Å². The number of carbonyl (C=O) groups is 2. The van der Waals surface area contributed by atoms with Crippen molar-refractivity contribution < 1.29 is 19.1 Å². The molecule has 160 valence electrons. The van der Waals surface area contributed by atoms with E-state index in [2.05, 4.69) is 15.9 Å². The first kappa shape index (κ1) is 22.2. The van der Waals surface area contributed by atoms with E-state index in [1.165, 1.54) is 6.42 Å². The molecule has 0 unspecified atom stereocenters. The molecule has 0 aliphatic heterocycles. The molecule has 1 saturated carbocycles. The van der Waals surface area contributed by atoms with Gasteiger partial charge in [0.1, 0.15) is 0 Å². The Morgan fingerprint density at radius 3 is 2.40 bits per heavy atom. The van der Waals surface area contributed by atoms with Crippen molar-refractivity contribution in [2.75, 3.05) is 13.7 Å². The number of hydrogen-bond donors (Lipinski definition) is 1. The van der Waals surface area contributed by atoms with Gasteiger partial charge in [0.15, 0.2) is 18.1 Å². The third-order valence-corrected chi connectivity index (χ3v) is 5.85. The van der Waals surface area contributed by atoms with Gasteiger partial charge in [-0.15, -0.1) is 0 Å². The Hall–Kier alpha value is -2.54. The number of ether oxygens (including phenoxy) is 2. The lowest BCUT2D eigenvalue weighted by Gasteiger charge is -2.34. The van der Waals surface area contributed by atoms with Crippen molar-refractivity contribution in [3.63, 3.8) is 0 Å². The molecule has 0 spiro atoms. The minimum atomic E-state index is -0.551. The minimum absolute atomic E-state index is 0.0300. The lowest BCUT2D eigenvalue weighted by Crippen LogP contribution is -2.41. The Morgan fingerprint density at radius 2 is 1.77 bits per heavy atom. The molecule has 1 fully saturated rings. The fourth-order valence-corrected chi connectivity index (χ4v) is 4.06. The molecular formula is C23H27BrN2O4. The standard InChI is InChI=1S/C23H27BrN2O4/c1-29-21-13-16(7-12-20(21)30-15-22(25)27)14-26(19-5-3-2-4-6-19)23(28)17-8-10-18(24)11-9-17/h7-13,19H,2-6,14-15H2,1H3,(H2,25,27). The van der Waals surface area contributed by atoms with Gasteiger partial charge in [0, 0.05) is 22.6 Å². The van der Waals surface area contributed by atoms with E-state index in [1.54, 1.807) is 13.2 Å². The van der Waals surface area contributed by atoms with Crippen LogP contribution in [0.3, 0.4) is 0 Å². The SMILES string of the molecule is COc1cc(CN(C(=O)c2ccc(Br)cc2)C2CCCCC2)ccc1OCC(N)=O. The van der Waals surface area contributed by atoms with Crippen LogP contribution in [0.15, 0.2) is 46.9 Å². The Balaban J connectivity index is 1.84. The van der Waals surface area contributed by atoms with E-state index in [1.807, 2.05) is 41.3 Å². The van der Waals surface area contributed by atoms with Gasteiger partial charge in [-0.1, -0.05) is 41.3 Å². The summed E-state index contributed by atoms with van der Waals surface area (Å²) in [5, 5.41) is 0. The molecule has 7 heteroatoms. The van der Waals surface area contributed by atoms with Crippen LogP contribution in [-0.2, 0) is 11.3 Å². The predicted octanol–water partition coefficient (Wildman–Crippen LogP) is 4.30. The summed E-state index contributed by atoms with van der Waals surface area (Å²) in [7, 11) is 1.54. The van der Waals surface area contributed by atoms with Gasteiger partial charge in [0.25, 0.3) is 11.8 Å². The Labute approximate surface area is 185 Å². The average molecular weight is 475 g/mol. The largest absolute Gasteiger partial charge is 0.493 e. The second-order valence-corrected chi connectivity index (χ2v) is 8.39. The molecule has 30 heavy (non-hydrogen) atoms. The van der Waals surface area contributed by atoms with Gasteiger partial charge in [0.2, 0.25) is 0 Å². The van der Waals surface area contributed by atoms with Crippen LogP contribution in [0, 0.1) is 0 Å². The smallest absolute Gasteiger partial charge is 0.255 e. The number of nitrogens with zero attached hydrogens (tertiary/aromatic N) is 1. The van der Waals surface area contributed by atoms with Crippen molar-refractivity contribution in [1.29, 1.82) is 0 Å². The zero-order valence-electron chi connectivity index (χ0n) is 17.1. The van der Waals surface area contributed by atoms with E-state index in [4.69, 9.17) is 15.2 Å². The van der Waals surface area contributed by atoms with Crippen molar-refractivity contribution in [2.45, 2.75) is 44.7 Å². The highest BCUT2D eigenvalue weighted by molar-refractivity contribution is 9.10. The number of carbonyl (C=O) groups excluding carboxylic acids is 2. The molecule has 0 bridgehead atoms. The van der Waals surface area contributed by atoms with E-state index < -0.39 is 5.91 Å². The van der Waals surface area contributed by atoms with Gasteiger partial charge in [0.05, 0.1) is 7.11 Å². The molecule has 2 N–H and O–H groups in total. The van der Waals surface area contributed by atoms with E-state index in [0.717, 1.165) is 35.7 Å². The maximum atomic E-state index is 13.4. The van der Waals surface area contributed by atoms with Crippen molar-refractivity contribution in [3.8, 4) is 11.5 Å². The highest BCUT2D eigenvalue weighted by atomic mass is 79.9. The van der Waals surface area contributed by atoms with Crippen molar-refractivity contribution >= 4 is 27.7 Å². The summed E-state index contributed by atoms with van der Waals surface area (Å²) in [6.07, 6.45) is 5.52. The van der Waals surface area contributed by atoms with Crippen molar-refractivity contribution in [2.24, 2.45) is 5.73 Å². The normalized spacial score (nSPS) is 14.2. The van der Waals surface area contributed by atoms with Gasteiger partial charge in [-0.05, 0) is 54.8 Å². The number of methoxy groups -OCH3 is 1. The molecule has 2 amide bonds. The third kappa shape index (κ3) is 5.75. The van der Waals surface area contributed by atoms with Gasteiger partial charge >= 0.3 is 0 Å². The Bertz CT molecular complexity index is 879. The summed E-state index contributed by atoms with van der Waals surface area (Å²) in [5.74, 6) is 0.434. The van der Waals surface area contributed by atoms with E-state index in [0.29, 0.717) is 23.6 Å². The molecule has 2 aromatic rings. The molecule has 1 aliphatic carbocycles. The monoisotopic (exact) mass is 474 g/mol. The zero-order valence-corrected chi connectivity index (χ0v) is 18.7. The molecule has 0 saturated heterocycles. The second kappa shape index (κ2) is 10.5. The maximum absolute atomic E-state index is 13.4. The van der Waals surface area contributed by atoms with Gasteiger partial charge < -0.3 is 20.1 Å². The number of halogens is 1. The molecule has 1 aliphatic rings. The highest BCUT2D eigenvalue weighted by Crippen LogP contribution is 2.31. The van der Waals surface area contributed by atoms with Crippen LogP contribution < -0.4 is 15.2 Å². The molecular weight excluding hydrogens is 448 g/mol. The maximum Gasteiger partial charge on any atom is 0.255 e. The fourth-order valence-electron chi connectivity index (χ4n) is 3.79. The van der Waals surface area contributed by atoms with Crippen LogP contribution in [0.5, 0.6) is 11.5 Å². The van der Waals surface area contributed by atoms with Gasteiger partial charge in [-0.25, -0.2) is 0 Å². The fraction of sp³-hybridized carbons (Fsp3) is 0.391. The van der Waals surface area contributed by atoms with Crippen LogP contribution in [0.1, 0.15) is 48.0 Å². The quantitative estimate of drug-likeness (QED) is 0.618. The Kier molecular flexibility index (Phi) is 7.74. The van der Waals surface area contributed by atoms with Gasteiger partial charge in [-0.3, -0.25) is 9.59 Å². The van der Waals surface area contributed by atoms with Crippen LogP contribution in [0.2, 0.25) is 0 Å². The summed E-state index contributed by atoms with van der Waals surface area (Å²) in [6.45, 7) is 0.262. The van der Waals surface area contributed by atoms with Crippen LogP contribution in [-0.4, -0.2) is 36.5 Å². The average Bonchev–Trinajstić information content (AvgIpc) is 2.77. The lowest BCUT2D eigenvalue weighted by atomic mass is 9.93. The minimum Gasteiger partial charge on any atom is -0.493 e. The first-order valence-electron chi connectivity index (χ1n) is 10.1. The summed E-state index contributed by atoms with van der Waals surface area (Å²) < 4.78 is 11.8. The molecule has 0 radical (unpaired) electrons. The molecule has 3 rings (SSSR count). The molecule has 0 heterocycles. The molecule has 6 nitrogen and oxygen atoms in total. The number of rotatable bonds is 8. The number of benzene rings is 2. The highest BCUT2D eigenvalue weighted by Gasteiger charge is 2.27. The zero-order chi connectivity index (χ0) is 21.5. The van der Waals surface area contributed by atoms with Crippen molar-refractivity contribution in [3.05, 3.63) is 58.1 Å². The molecule has 2 aromatic carbocycles. The van der Waals surface area contributed by atoms with Crippen LogP contribution in [0.4, 0.5) is 0 Å². The summed E-state index contributed by atoms with van der Waals surface area (Å²) in [6, 6.07) is 13.2. The summed E-state index contributed by atoms with van der Waals surface area (Å²) in [5.41, 5.74) is 6.77. The molecule has 0 aromatic heterocycles. The third-order valence-electron chi connectivity index (χ3n) is 5.32. The number of hydrogen-bond acceptors (Lipinski definition) is 4.